The number of hydrogen-bond donors (Lipinski definition) is 0. The van der Waals surface area contributed by atoms with Crippen molar-refractivity contribution in [3.8, 4) is 17.2 Å². The normalized spacial score (nSPS) is 11.0. The zero-order valence-electron chi connectivity index (χ0n) is 31.4. The van der Waals surface area contributed by atoms with Gasteiger partial charge in [0.05, 0.1) is 40.8 Å². The third-order valence-corrected chi connectivity index (χ3v) is 9.60. The summed E-state index contributed by atoms with van der Waals surface area (Å²) in [5.41, 5.74) is 2.97. The summed E-state index contributed by atoms with van der Waals surface area (Å²) >= 11 is 1.55. The maximum Gasteiger partial charge on any atom is 0.343 e. The van der Waals surface area contributed by atoms with Crippen LogP contribution in [0.3, 0.4) is 0 Å². The molecule has 0 aliphatic carbocycles. The summed E-state index contributed by atoms with van der Waals surface area (Å²) in [6.07, 6.45) is 10.4. The Morgan fingerprint density at radius 1 is 0.782 bits per heavy atom. The molecule has 1 heterocycles. The standard InChI is InChI=1S/C44H47N3O7S/c1-4-6-7-12-27-47(44-46-38-15-10-11-16-40(38)55-44)45-31-35-30-34(43(50)53-37-22-17-32(3)18-23-37)21-26-39(35)54-42(49)33-19-24-36(25-20-33)51-28-13-8-9-14-29-52-41(48)5-2/h5,10-11,15-26,30-31H,2,4,6-9,12-14,27-29H2,1,3H3/b45-31+. The first-order chi connectivity index (χ1) is 26.8. The van der Waals surface area contributed by atoms with Gasteiger partial charge in [0, 0.05) is 18.2 Å². The van der Waals surface area contributed by atoms with Crippen LogP contribution in [0, 0.1) is 6.92 Å². The maximum atomic E-state index is 13.4. The number of anilines is 1. The van der Waals surface area contributed by atoms with E-state index in [1.54, 1.807) is 72.1 Å². The number of nitrogens with zero attached hydrogens (tertiary/aromatic N) is 3. The summed E-state index contributed by atoms with van der Waals surface area (Å²) in [4.78, 5) is 42.6. The lowest BCUT2D eigenvalue weighted by molar-refractivity contribution is -0.137. The molecule has 4 aromatic carbocycles. The van der Waals surface area contributed by atoms with Crippen molar-refractivity contribution in [2.45, 2.75) is 65.2 Å². The molecule has 0 amide bonds. The van der Waals surface area contributed by atoms with Crippen molar-refractivity contribution in [1.29, 1.82) is 0 Å². The molecule has 55 heavy (non-hydrogen) atoms. The number of hydrogen-bond acceptors (Lipinski definition) is 11. The number of unbranched alkanes of at least 4 members (excludes halogenated alkanes) is 6. The number of benzene rings is 4. The highest BCUT2D eigenvalue weighted by atomic mass is 32.1. The van der Waals surface area contributed by atoms with Crippen molar-refractivity contribution in [3.63, 3.8) is 0 Å². The van der Waals surface area contributed by atoms with Crippen molar-refractivity contribution in [2.24, 2.45) is 5.10 Å². The maximum absolute atomic E-state index is 13.4. The van der Waals surface area contributed by atoms with Crippen LogP contribution in [0.15, 0.2) is 109 Å². The lowest BCUT2D eigenvalue weighted by atomic mass is 10.1. The molecule has 0 unspecified atom stereocenters. The molecule has 286 valence electrons. The zero-order chi connectivity index (χ0) is 38.8. The van der Waals surface area contributed by atoms with Gasteiger partial charge < -0.3 is 18.9 Å². The first-order valence-electron chi connectivity index (χ1n) is 18.7. The van der Waals surface area contributed by atoms with Gasteiger partial charge >= 0.3 is 17.9 Å². The summed E-state index contributed by atoms with van der Waals surface area (Å²) in [6.45, 7) is 9.06. The Kier molecular flexibility index (Phi) is 15.5. The molecular weight excluding hydrogens is 715 g/mol. The summed E-state index contributed by atoms with van der Waals surface area (Å²) in [6, 6.07) is 26.7. The van der Waals surface area contributed by atoms with E-state index in [0.717, 1.165) is 78.4 Å². The number of ether oxygens (including phenoxy) is 4. The molecular formula is C44H47N3O7S. The summed E-state index contributed by atoms with van der Waals surface area (Å²) < 4.78 is 23.5. The van der Waals surface area contributed by atoms with Crippen LogP contribution < -0.4 is 19.2 Å². The molecule has 5 rings (SSSR count). The van der Waals surface area contributed by atoms with Crippen LogP contribution in [0.2, 0.25) is 0 Å². The number of para-hydroxylation sites is 1. The second kappa shape index (κ2) is 21.2. The first-order valence-corrected chi connectivity index (χ1v) is 19.5. The van der Waals surface area contributed by atoms with Crippen LogP contribution in [0.25, 0.3) is 10.2 Å². The number of aryl methyl sites for hydroxylation is 1. The van der Waals surface area contributed by atoms with E-state index in [1.807, 2.05) is 48.3 Å². The Morgan fingerprint density at radius 3 is 2.22 bits per heavy atom. The van der Waals surface area contributed by atoms with E-state index in [-0.39, 0.29) is 11.3 Å². The summed E-state index contributed by atoms with van der Waals surface area (Å²) in [5, 5.41) is 7.45. The molecule has 10 nitrogen and oxygen atoms in total. The van der Waals surface area contributed by atoms with Gasteiger partial charge in [-0.2, -0.15) is 5.10 Å². The lowest BCUT2D eigenvalue weighted by Crippen LogP contribution is -2.18. The number of aromatic nitrogens is 1. The molecule has 1 aromatic heterocycles. The number of esters is 3. The molecule has 0 aliphatic rings. The minimum atomic E-state index is -0.573. The van der Waals surface area contributed by atoms with Gasteiger partial charge in [0.15, 0.2) is 0 Å². The van der Waals surface area contributed by atoms with Crippen molar-refractivity contribution >= 4 is 50.8 Å². The number of carbonyl (C=O) groups is 3. The van der Waals surface area contributed by atoms with Crippen molar-refractivity contribution < 1.29 is 33.3 Å². The number of carbonyl (C=O) groups excluding carboxylic acids is 3. The second-order valence-electron chi connectivity index (χ2n) is 12.9. The quantitative estimate of drug-likeness (QED) is 0.0180. The molecule has 0 saturated carbocycles. The molecule has 0 saturated heterocycles. The second-order valence-corrected chi connectivity index (χ2v) is 13.9. The third kappa shape index (κ3) is 12.6. The molecule has 5 aromatic rings. The van der Waals surface area contributed by atoms with Gasteiger partial charge in [-0.05, 0) is 106 Å². The molecule has 0 radical (unpaired) electrons. The lowest BCUT2D eigenvalue weighted by Gasteiger charge is -2.16. The minimum absolute atomic E-state index is 0.232. The molecule has 0 spiro atoms. The van der Waals surface area contributed by atoms with Gasteiger partial charge in [-0.3, -0.25) is 0 Å². The molecule has 0 fully saturated rings. The fourth-order valence-corrected chi connectivity index (χ4v) is 6.41. The van der Waals surface area contributed by atoms with Gasteiger partial charge in [-0.1, -0.05) is 73.9 Å². The Morgan fingerprint density at radius 2 is 1.47 bits per heavy atom. The Bertz CT molecular complexity index is 2030. The van der Waals surface area contributed by atoms with Crippen molar-refractivity contribution in [3.05, 3.63) is 126 Å². The van der Waals surface area contributed by atoms with Crippen LogP contribution in [0.4, 0.5) is 5.13 Å². The average Bonchev–Trinajstić information content (AvgIpc) is 3.64. The number of rotatable bonds is 21. The summed E-state index contributed by atoms with van der Waals surface area (Å²) in [5.74, 6) is -0.244. The van der Waals surface area contributed by atoms with E-state index in [2.05, 4.69) is 13.5 Å². The van der Waals surface area contributed by atoms with Gasteiger partial charge in [0.1, 0.15) is 17.2 Å². The molecule has 11 heteroatoms. The average molecular weight is 762 g/mol. The number of thiazole rings is 1. The molecule has 0 aliphatic heterocycles. The SMILES string of the molecule is C=CC(=O)OCCCCCCOc1ccc(C(=O)Oc2ccc(C(=O)Oc3ccc(C)cc3)cc2/C=N/N(CCCCCC)c2nc3ccccc3s2)cc1. The largest absolute Gasteiger partial charge is 0.494 e. The minimum Gasteiger partial charge on any atom is -0.494 e. The highest BCUT2D eigenvalue weighted by Gasteiger charge is 2.17. The van der Waals surface area contributed by atoms with Gasteiger partial charge in [-0.15, -0.1) is 0 Å². The highest BCUT2D eigenvalue weighted by Crippen LogP contribution is 2.30. The van der Waals surface area contributed by atoms with Gasteiger partial charge in [-0.25, -0.2) is 24.4 Å². The molecule has 0 N–H and O–H groups in total. The highest BCUT2D eigenvalue weighted by molar-refractivity contribution is 7.22. The fraction of sp³-hybridized carbons (Fsp3) is 0.295. The smallest absolute Gasteiger partial charge is 0.343 e. The fourth-order valence-electron chi connectivity index (χ4n) is 5.46. The van der Waals surface area contributed by atoms with E-state index < -0.39 is 17.9 Å². The monoisotopic (exact) mass is 761 g/mol. The van der Waals surface area contributed by atoms with Crippen molar-refractivity contribution in [1.82, 2.24) is 4.98 Å². The van der Waals surface area contributed by atoms with E-state index in [0.29, 0.717) is 42.4 Å². The Balaban J connectivity index is 1.30. The topological polar surface area (TPSA) is 117 Å². The molecule has 0 atom stereocenters. The van der Waals surface area contributed by atoms with E-state index in [1.165, 1.54) is 0 Å². The van der Waals surface area contributed by atoms with Crippen molar-refractivity contribution in [2.75, 3.05) is 24.8 Å². The van der Waals surface area contributed by atoms with Crippen LogP contribution in [0.5, 0.6) is 17.2 Å². The zero-order valence-corrected chi connectivity index (χ0v) is 32.2. The predicted molar refractivity (Wildman–Crippen MR) is 218 cm³/mol. The Hall–Kier alpha value is -5.81. The van der Waals surface area contributed by atoms with E-state index in [4.69, 9.17) is 29.0 Å². The van der Waals surface area contributed by atoms with Crippen LogP contribution in [0.1, 0.15) is 90.1 Å². The molecule has 0 bridgehead atoms. The van der Waals surface area contributed by atoms with Gasteiger partial charge in [0.2, 0.25) is 5.13 Å². The van der Waals surface area contributed by atoms with Crippen LogP contribution in [-0.2, 0) is 9.53 Å². The van der Waals surface area contributed by atoms with Crippen LogP contribution in [-0.4, -0.2) is 48.9 Å². The number of fused-ring (bicyclic) bond motifs is 1. The van der Waals surface area contributed by atoms with E-state index in [9.17, 15) is 14.4 Å². The third-order valence-electron chi connectivity index (χ3n) is 8.55. The Labute approximate surface area is 326 Å². The van der Waals surface area contributed by atoms with Crippen LogP contribution >= 0.6 is 11.3 Å². The summed E-state index contributed by atoms with van der Waals surface area (Å²) in [7, 11) is 0. The van der Waals surface area contributed by atoms with E-state index >= 15 is 0 Å². The predicted octanol–water partition coefficient (Wildman–Crippen LogP) is 10.1. The number of hydrazone groups is 1. The van der Waals surface area contributed by atoms with Gasteiger partial charge in [0.25, 0.3) is 0 Å². The first kappa shape index (κ1) is 40.4.